The van der Waals surface area contributed by atoms with Crippen LogP contribution >= 0.6 is 0 Å². The van der Waals surface area contributed by atoms with Gasteiger partial charge in [0.15, 0.2) is 0 Å². The van der Waals surface area contributed by atoms with Crippen molar-refractivity contribution in [2.75, 3.05) is 121 Å². The van der Waals surface area contributed by atoms with Gasteiger partial charge in [0, 0.05) is 0 Å². The van der Waals surface area contributed by atoms with E-state index >= 15 is 0 Å². The molecule has 744 valence electrons. The summed E-state index contributed by atoms with van der Waals surface area (Å²) >= 11 is 0. The number of rotatable bonds is 18. The van der Waals surface area contributed by atoms with Gasteiger partial charge in [0.2, 0.25) is 0 Å². The van der Waals surface area contributed by atoms with E-state index in [0.717, 1.165) is 117 Å². The fourth-order valence-corrected chi connectivity index (χ4v) is 16.6. The molecular formula is C132H186N6. The summed E-state index contributed by atoms with van der Waals surface area (Å²) in [7, 11) is 12.7. The summed E-state index contributed by atoms with van der Waals surface area (Å²) in [4.78, 5) is 13.5. The monoisotopic (exact) mass is 1860 g/mol. The second kappa shape index (κ2) is 69.2. The molecule has 0 atom stereocenters. The van der Waals surface area contributed by atoms with Gasteiger partial charge in [0.1, 0.15) is 0 Å². The molecule has 0 bridgehead atoms. The average molecular weight is 1860 g/mol. The second-order valence-corrected chi connectivity index (χ2v) is 33.0. The van der Waals surface area contributed by atoms with E-state index in [2.05, 4.69) is 446 Å². The Bertz CT molecular complexity index is 5850. The van der Waals surface area contributed by atoms with Crippen molar-refractivity contribution in [1.29, 1.82) is 0 Å². The predicted molar refractivity (Wildman–Crippen MR) is 629 cm³/mol. The first kappa shape index (κ1) is 122. The minimum absolute atomic E-state index is 0.959. The second-order valence-electron chi connectivity index (χ2n) is 33.0. The normalized spacial score (nSPS) is 10.7. The van der Waals surface area contributed by atoms with Crippen molar-refractivity contribution in [3.8, 4) is 33.4 Å². The van der Waals surface area contributed by atoms with Crippen LogP contribution < -0.4 is 0 Å². The molecule has 16 aromatic rings. The van der Waals surface area contributed by atoms with Gasteiger partial charge in [-0.2, -0.15) is 0 Å². The van der Waals surface area contributed by atoms with Gasteiger partial charge in [-0.05, 0) is 347 Å². The molecule has 0 saturated heterocycles. The fraction of sp³-hybridized carbons (Fsp3) is 0.394. The fourth-order valence-electron chi connectivity index (χ4n) is 16.6. The SMILES string of the molecule is CC.CC.CC.CC.CC.CC.CC.CC.CCN(C)CC.CCN(C)CC.CCN(C)CC.CCN(C)CC.CCN(C)CC.CCN(C)CC.c1ccc(Cc2cc3c(c4c2ccc2ccccc24)Cc2ccccc2-3)cc1.c1ccc(Cc2cc3c(c4ccc5ccccc5c24)Cc2ccccc2-3)cc1.c1ccc(Cc2ccc3c(c2)-c2c(c4cccc5ccc6cccc2c6c54)C3)cc1. The molecule has 0 heterocycles. The average Bonchev–Trinajstić information content (AvgIpc) is 1.51. The number of benzene rings is 16. The van der Waals surface area contributed by atoms with E-state index < -0.39 is 0 Å². The Morgan fingerprint density at radius 2 is 0.471 bits per heavy atom. The lowest BCUT2D eigenvalue weighted by molar-refractivity contribution is 0.373. The molecule has 0 fully saturated rings. The summed E-state index contributed by atoms with van der Waals surface area (Å²) in [5, 5.41) is 19.4. The highest BCUT2D eigenvalue weighted by atomic mass is 15.1. The van der Waals surface area contributed by atoms with Gasteiger partial charge < -0.3 is 29.4 Å². The lowest BCUT2D eigenvalue weighted by Gasteiger charge is -2.16. The van der Waals surface area contributed by atoms with Crippen molar-refractivity contribution in [3.63, 3.8) is 0 Å². The maximum absolute atomic E-state index is 2.46. The van der Waals surface area contributed by atoms with Crippen LogP contribution in [0, 0.1) is 0 Å². The van der Waals surface area contributed by atoms with Crippen molar-refractivity contribution in [3.05, 3.63) is 358 Å². The Kier molecular flexibility index (Phi) is 61.0. The van der Waals surface area contributed by atoms with E-state index in [-0.39, 0.29) is 0 Å². The molecule has 0 unspecified atom stereocenters. The molecule has 6 heteroatoms. The Morgan fingerprint density at radius 3 is 0.884 bits per heavy atom. The molecule has 0 saturated carbocycles. The van der Waals surface area contributed by atoms with Crippen molar-refractivity contribution in [1.82, 2.24) is 29.4 Å². The van der Waals surface area contributed by atoms with E-state index in [1.165, 1.54) is 176 Å². The van der Waals surface area contributed by atoms with E-state index in [1.807, 2.05) is 111 Å². The molecule has 16 aromatic carbocycles. The van der Waals surface area contributed by atoms with Gasteiger partial charge in [-0.25, -0.2) is 0 Å². The molecule has 19 rings (SSSR count). The maximum Gasteiger partial charge on any atom is -0.000705 e. The summed E-state index contributed by atoms with van der Waals surface area (Å²) < 4.78 is 0. The van der Waals surface area contributed by atoms with Gasteiger partial charge in [-0.1, -0.05) is 473 Å². The molecule has 3 aliphatic rings. The van der Waals surface area contributed by atoms with Crippen molar-refractivity contribution < 1.29 is 0 Å². The summed E-state index contributed by atoms with van der Waals surface area (Å²) in [6.45, 7) is 71.8. The van der Waals surface area contributed by atoms with Crippen LogP contribution in [-0.4, -0.2) is 150 Å². The van der Waals surface area contributed by atoms with Crippen molar-refractivity contribution >= 4 is 75.4 Å². The van der Waals surface area contributed by atoms with Crippen LogP contribution in [0.15, 0.2) is 291 Å². The van der Waals surface area contributed by atoms with Crippen LogP contribution in [0.3, 0.4) is 0 Å². The van der Waals surface area contributed by atoms with E-state index in [0.29, 0.717) is 0 Å². The van der Waals surface area contributed by atoms with Crippen LogP contribution in [0.5, 0.6) is 0 Å². The highest BCUT2D eigenvalue weighted by molar-refractivity contribution is 6.28. The van der Waals surface area contributed by atoms with Crippen LogP contribution in [0.25, 0.3) is 109 Å². The topological polar surface area (TPSA) is 19.4 Å². The molecule has 0 N–H and O–H groups in total. The Balaban J connectivity index is 0.000000427. The largest absolute Gasteiger partial charge is 0.307 e. The van der Waals surface area contributed by atoms with E-state index in [9.17, 15) is 0 Å². The van der Waals surface area contributed by atoms with Gasteiger partial charge in [-0.3, -0.25) is 0 Å². The lowest BCUT2D eigenvalue weighted by atomic mass is 9.87. The Hall–Kier alpha value is -10.6. The quantitative estimate of drug-likeness (QED) is 0.0792. The highest BCUT2D eigenvalue weighted by Gasteiger charge is 2.28. The molecule has 0 amide bonds. The molecule has 0 radical (unpaired) electrons. The molecule has 138 heavy (non-hydrogen) atoms. The van der Waals surface area contributed by atoms with Crippen LogP contribution in [-0.2, 0) is 38.5 Å². The van der Waals surface area contributed by atoms with Crippen molar-refractivity contribution in [2.45, 2.75) is 232 Å². The third-order valence-corrected chi connectivity index (χ3v) is 25.6. The van der Waals surface area contributed by atoms with Gasteiger partial charge in [-0.15, -0.1) is 0 Å². The molecule has 3 aliphatic carbocycles. The zero-order valence-electron chi connectivity index (χ0n) is 93.1. The lowest BCUT2D eigenvalue weighted by Crippen LogP contribution is -2.15. The van der Waals surface area contributed by atoms with Gasteiger partial charge >= 0.3 is 0 Å². The first-order valence-corrected chi connectivity index (χ1v) is 53.6. The molecule has 0 aromatic heterocycles. The Labute approximate surface area is 843 Å². The van der Waals surface area contributed by atoms with Crippen LogP contribution in [0.1, 0.15) is 261 Å². The number of fused-ring (bicyclic) bond motifs is 19. The molecular weight excluding hydrogens is 1670 g/mol. The van der Waals surface area contributed by atoms with Gasteiger partial charge in [0.25, 0.3) is 0 Å². The minimum Gasteiger partial charge on any atom is -0.307 e. The summed E-state index contributed by atoms with van der Waals surface area (Å²) in [6, 6.07) is 107. The summed E-state index contributed by atoms with van der Waals surface area (Å²) in [5.41, 5.74) is 25.7. The number of nitrogens with zero attached hydrogens (tertiary/aromatic N) is 6. The smallest absolute Gasteiger partial charge is 0.000705 e. The van der Waals surface area contributed by atoms with E-state index in [1.54, 1.807) is 0 Å². The standard InChI is InChI=1S/C30H20.2C28H20.6C5H13N.8C2H6/c1-2-6-19(7-3-1)16-20-12-13-23-18-27-24-10-4-8-21-14-15-22-9-5-11-25(29(22)28(21)24)30(27)26(23)17-20;1-2-8-19(9-3-1)16-22-18-26-23-12-6-5-11-21(23)17-27(26)25-15-14-20-10-4-7-13-24(20)28(22)25;1-2-8-19(9-3-1)16-22-18-26-23-12-6-5-11-21(23)17-27(26)28-24-13-7-4-10-20(24)14-15-25(22)28;6*1-4-6(3)5-2;8*1-2/h1-15,17H,16,18H2;2*1-15,18H,16-17H2;6*4-5H2,1-3H3;8*1-2H3. The minimum atomic E-state index is 0.959. The summed E-state index contributed by atoms with van der Waals surface area (Å²) in [5.74, 6) is 0. The third-order valence-electron chi connectivity index (χ3n) is 25.6. The molecule has 0 spiro atoms. The highest BCUT2D eigenvalue weighted by Crippen LogP contribution is 2.50. The van der Waals surface area contributed by atoms with E-state index in [4.69, 9.17) is 0 Å². The summed E-state index contributed by atoms with van der Waals surface area (Å²) in [6.07, 6.45) is 5.99. The first-order chi connectivity index (χ1) is 67.5. The third kappa shape index (κ3) is 34.4. The van der Waals surface area contributed by atoms with Crippen LogP contribution in [0.2, 0.25) is 0 Å². The van der Waals surface area contributed by atoms with Crippen LogP contribution in [0.4, 0.5) is 0 Å². The van der Waals surface area contributed by atoms with Gasteiger partial charge in [0.05, 0.1) is 0 Å². The van der Waals surface area contributed by atoms with Crippen molar-refractivity contribution in [2.24, 2.45) is 0 Å². The number of hydrogen-bond acceptors (Lipinski definition) is 6. The molecule has 0 aliphatic heterocycles. The zero-order valence-corrected chi connectivity index (χ0v) is 93.1. The number of hydrogen-bond donors (Lipinski definition) is 0. The maximum atomic E-state index is 2.46. The predicted octanol–water partition coefficient (Wildman–Crippen LogP) is 36.0. The first-order valence-electron chi connectivity index (χ1n) is 53.6. The molecule has 6 nitrogen and oxygen atoms in total. The Morgan fingerprint density at radius 1 is 0.181 bits per heavy atom. The zero-order chi connectivity index (χ0) is 103.